The summed E-state index contributed by atoms with van der Waals surface area (Å²) in [6.07, 6.45) is 0.863. The standard InChI is InChI=1S/C8H7BrO.C3H9N/c1-6-4-8(9)3-2-7(6)5-10;1-4(2)3/h2-5H,1H3;1-3H3. The summed E-state index contributed by atoms with van der Waals surface area (Å²) in [6.45, 7) is 1.91. The molecule has 0 aliphatic rings. The van der Waals surface area contributed by atoms with Crippen molar-refractivity contribution in [3.05, 3.63) is 33.8 Å². The van der Waals surface area contributed by atoms with E-state index in [1.807, 2.05) is 45.1 Å². The third-order valence-electron chi connectivity index (χ3n) is 1.36. The number of halogens is 1. The summed E-state index contributed by atoms with van der Waals surface area (Å²) in [6, 6.07) is 5.58. The average molecular weight is 258 g/mol. The van der Waals surface area contributed by atoms with Gasteiger partial charge in [0.25, 0.3) is 0 Å². The van der Waals surface area contributed by atoms with Gasteiger partial charge in [0.2, 0.25) is 0 Å². The predicted octanol–water partition coefficient (Wildman–Crippen LogP) is 2.75. The number of aryl methyl sites for hydroxylation is 1. The van der Waals surface area contributed by atoms with Crippen LogP contribution in [0.1, 0.15) is 15.9 Å². The fourth-order valence-electron chi connectivity index (χ4n) is 0.771. The highest BCUT2D eigenvalue weighted by Gasteiger charge is 1.94. The van der Waals surface area contributed by atoms with Crippen molar-refractivity contribution in [2.24, 2.45) is 0 Å². The van der Waals surface area contributed by atoms with Crippen molar-refractivity contribution >= 4 is 22.2 Å². The lowest BCUT2D eigenvalue weighted by molar-refractivity contribution is 0.112. The normalized spacial score (nSPS) is 9.29. The van der Waals surface area contributed by atoms with Crippen molar-refractivity contribution in [1.29, 1.82) is 0 Å². The average Bonchev–Trinajstić information content (AvgIpc) is 2.03. The van der Waals surface area contributed by atoms with E-state index in [2.05, 4.69) is 15.9 Å². The van der Waals surface area contributed by atoms with Gasteiger partial charge in [-0.1, -0.05) is 22.0 Å². The Morgan fingerprint density at radius 1 is 1.29 bits per heavy atom. The first-order chi connectivity index (χ1) is 6.47. The lowest BCUT2D eigenvalue weighted by atomic mass is 10.1. The van der Waals surface area contributed by atoms with E-state index >= 15 is 0 Å². The second-order valence-corrected chi connectivity index (χ2v) is 4.38. The summed E-state index contributed by atoms with van der Waals surface area (Å²) in [5.74, 6) is 0. The summed E-state index contributed by atoms with van der Waals surface area (Å²) >= 11 is 3.31. The zero-order valence-electron chi connectivity index (χ0n) is 9.04. The van der Waals surface area contributed by atoms with Crippen LogP contribution in [-0.2, 0) is 0 Å². The number of benzene rings is 1. The van der Waals surface area contributed by atoms with Crippen molar-refractivity contribution in [1.82, 2.24) is 4.90 Å². The van der Waals surface area contributed by atoms with Crippen LogP contribution in [0.3, 0.4) is 0 Å². The molecule has 0 aromatic heterocycles. The first-order valence-corrected chi connectivity index (χ1v) is 5.09. The zero-order chi connectivity index (χ0) is 11.1. The summed E-state index contributed by atoms with van der Waals surface area (Å²) < 4.78 is 1.01. The van der Waals surface area contributed by atoms with Gasteiger partial charge in [-0.3, -0.25) is 4.79 Å². The van der Waals surface area contributed by atoms with Gasteiger partial charge in [0.1, 0.15) is 6.29 Å². The fraction of sp³-hybridized carbons (Fsp3) is 0.364. The number of carbonyl (C=O) groups is 1. The molecule has 0 amide bonds. The van der Waals surface area contributed by atoms with Crippen LogP contribution in [0.15, 0.2) is 22.7 Å². The van der Waals surface area contributed by atoms with Crippen molar-refractivity contribution in [3.63, 3.8) is 0 Å². The maximum absolute atomic E-state index is 10.3. The van der Waals surface area contributed by atoms with E-state index < -0.39 is 0 Å². The van der Waals surface area contributed by atoms with E-state index in [1.165, 1.54) is 0 Å². The van der Waals surface area contributed by atoms with Crippen LogP contribution >= 0.6 is 15.9 Å². The van der Waals surface area contributed by atoms with Gasteiger partial charge in [0.15, 0.2) is 0 Å². The molecule has 0 aliphatic carbocycles. The first-order valence-electron chi connectivity index (χ1n) is 4.29. The molecule has 0 heterocycles. The molecular weight excluding hydrogens is 242 g/mol. The Morgan fingerprint density at radius 3 is 2.14 bits per heavy atom. The second-order valence-electron chi connectivity index (χ2n) is 3.46. The first kappa shape index (κ1) is 13.3. The third kappa shape index (κ3) is 5.89. The number of carbonyl (C=O) groups excluding carboxylic acids is 1. The molecule has 2 nitrogen and oxygen atoms in total. The van der Waals surface area contributed by atoms with Gasteiger partial charge >= 0.3 is 0 Å². The van der Waals surface area contributed by atoms with E-state index in [1.54, 1.807) is 6.07 Å². The Balaban J connectivity index is 0.000000364. The predicted molar refractivity (Wildman–Crippen MR) is 63.9 cm³/mol. The largest absolute Gasteiger partial charge is 0.312 e. The van der Waals surface area contributed by atoms with Crippen molar-refractivity contribution in [3.8, 4) is 0 Å². The molecule has 0 N–H and O–H groups in total. The minimum Gasteiger partial charge on any atom is -0.312 e. The van der Waals surface area contributed by atoms with Crippen molar-refractivity contribution in [2.45, 2.75) is 6.92 Å². The molecule has 1 aromatic rings. The van der Waals surface area contributed by atoms with Crippen LogP contribution in [0.5, 0.6) is 0 Å². The molecular formula is C11H16BrNO. The molecule has 14 heavy (non-hydrogen) atoms. The van der Waals surface area contributed by atoms with E-state index in [0.29, 0.717) is 0 Å². The van der Waals surface area contributed by atoms with Crippen LogP contribution in [0, 0.1) is 6.92 Å². The molecule has 0 bridgehead atoms. The third-order valence-corrected chi connectivity index (χ3v) is 1.85. The molecule has 0 saturated carbocycles. The lowest BCUT2D eigenvalue weighted by Gasteiger charge is -1.96. The molecule has 0 saturated heterocycles. The van der Waals surface area contributed by atoms with Gasteiger partial charge in [-0.25, -0.2) is 0 Å². The van der Waals surface area contributed by atoms with Crippen LogP contribution in [-0.4, -0.2) is 32.3 Å². The Morgan fingerprint density at radius 2 is 1.79 bits per heavy atom. The summed E-state index contributed by atoms with van der Waals surface area (Å²) in [5, 5.41) is 0. The summed E-state index contributed by atoms with van der Waals surface area (Å²) in [4.78, 5) is 12.3. The molecule has 0 spiro atoms. The molecule has 0 atom stereocenters. The number of nitrogens with zero attached hydrogens (tertiary/aromatic N) is 1. The van der Waals surface area contributed by atoms with Gasteiger partial charge in [-0.05, 0) is 45.8 Å². The van der Waals surface area contributed by atoms with Gasteiger partial charge in [0, 0.05) is 10.0 Å². The SMILES string of the molecule is CN(C)C.Cc1cc(Br)ccc1C=O. The van der Waals surface area contributed by atoms with Crippen molar-refractivity contribution in [2.75, 3.05) is 21.1 Å². The summed E-state index contributed by atoms with van der Waals surface area (Å²) in [5.41, 5.74) is 1.76. The van der Waals surface area contributed by atoms with Gasteiger partial charge in [0.05, 0.1) is 0 Å². The highest BCUT2D eigenvalue weighted by atomic mass is 79.9. The van der Waals surface area contributed by atoms with Crippen LogP contribution in [0.4, 0.5) is 0 Å². The van der Waals surface area contributed by atoms with E-state index in [-0.39, 0.29) is 0 Å². The van der Waals surface area contributed by atoms with E-state index in [0.717, 1.165) is 21.9 Å². The monoisotopic (exact) mass is 257 g/mol. The Kier molecular flexibility index (Phi) is 6.41. The molecule has 78 valence electrons. The Hall–Kier alpha value is -0.670. The molecule has 0 aliphatic heterocycles. The van der Waals surface area contributed by atoms with Crippen LogP contribution in [0.25, 0.3) is 0 Å². The summed E-state index contributed by atoms with van der Waals surface area (Å²) in [7, 11) is 6.00. The van der Waals surface area contributed by atoms with E-state index in [9.17, 15) is 4.79 Å². The van der Waals surface area contributed by atoms with Gasteiger partial charge < -0.3 is 4.90 Å². The molecule has 1 aromatic carbocycles. The number of hydrogen-bond donors (Lipinski definition) is 0. The number of rotatable bonds is 1. The molecule has 0 radical (unpaired) electrons. The molecule has 0 fully saturated rings. The maximum atomic E-state index is 10.3. The Labute approximate surface area is 94.1 Å². The number of hydrogen-bond acceptors (Lipinski definition) is 2. The minimum absolute atomic E-state index is 0.753. The minimum atomic E-state index is 0.753. The second kappa shape index (κ2) is 6.74. The van der Waals surface area contributed by atoms with E-state index in [4.69, 9.17) is 0 Å². The molecule has 1 rings (SSSR count). The van der Waals surface area contributed by atoms with Gasteiger partial charge in [-0.2, -0.15) is 0 Å². The van der Waals surface area contributed by atoms with Gasteiger partial charge in [-0.15, -0.1) is 0 Å². The smallest absolute Gasteiger partial charge is 0.150 e. The van der Waals surface area contributed by atoms with Crippen LogP contribution < -0.4 is 0 Å². The topological polar surface area (TPSA) is 20.3 Å². The number of aldehydes is 1. The molecule has 0 unspecified atom stereocenters. The highest BCUT2D eigenvalue weighted by molar-refractivity contribution is 9.10. The quantitative estimate of drug-likeness (QED) is 0.722. The molecule has 3 heteroatoms. The van der Waals surface area contributed by atoms with Crippen LogP contribution in [0.2, 0.25) is 0 Å². The van der Waals surface area contributed by atoms with Crippen molar-refractivity contribution < 1.29 is 4.79 Å². The highest BCUT2D eigenvalue weighted by Crippen LogP contribution is 2.13. The lowest BCUT2D eigenvalue weighted by Crippen LogP contribution is -1.99. The fourth-order valence-corrected chi connectivity index (χ4v) is 1.25. The maximum Gasteiger partial charge on any atom is 0.150 e. The zero-order valence-corrected chi connectivity index (χ0v) is 10.6. The Bertz CT molecular complexity index is 295.